The smallest absolute Gasteiger partial charge is 0.412 e. The molecule has 0 aromatic heterocycles. The largest absolute Gasteiger partial charge is 0.508 e. The van der Waals surface area contributed by atoms with Gasteiger partial charge in [-0.1, -0.05) is 47.1 Å². The van der Waals surface area contributed by atoms with Gasteiger partial charge in [0.05, 0.1) is 0 Å². The molecule has 136 valence electrons. The van der Waals surface area contributed by atoms with Gasteiger partial charge in [-0.15, -0.1) is 0 Å². The van der Waals surface area contributed by atoms with Crippen LogP contribution in [0.1, 0.15) is 18.6 Å². The number of phenolic OH excluding ortho intramolecular Hbond substituents is 1. The zero-order valence-corrected chi connectivity index (χ0v) is 15.5. The zero-order chi connectivity index (χ0) is 19.1. The van der Waals surface area contributed by atoms with Crippen molar-refractivity contribution >= 4 is 33.7 Å². The van der Waals surface area contributed by atoms with E-state index in [0.717, 1.165) is 6.08 Å². The van der Waals surface area contributed by atoms with Crippen molar-refractivity contribution in [2.75, 3.05) is 5.32 Å². The highest BCUT2D eigenvalue weighted by Crippen LogP contribution is 2.35. The molecule has 0 unspecified atom stereocenters. The number of amides is 1. The number of hydrogen-bond acceptors (Lipinski definition) is 4. The van der Waals surface area contributed by atoms with E-state index in [0.29, 0.717) is 15.7 Å². The van der Waals surface area contributed by atoms with E-state index in [1.165, 1.54) is 12.1 Å². The second kappa shape index (κ2) is 9.05. The van der Waals surface area contributed by atoms with Crippen molar-refractivity contribution in [1.29, 1.82) is 0 Å². The van der Waals surface area contributed by atoms with Crippen molar-refractivity contribution in [2.45, 2.75) is 13.0 Å². The molecule has 0 spiro atoms. The maximum Gasteiger partial charge on any atom is 0.412 e. The van der Waals surface area contributed by atoms with Crippen LogP contribution in [0.5, 0.6) is 5.75 Å². The standard InChI is InChI=1S/C19H18BrNO5/c1-12(7-10-17(23)24)18(15-11-13(20)8-9-16(15)22)26-19(25)21-14-5-3-2-4-6-14/h2-12,18,22H,1H3,(H,21,25)(H,23,24)/b10-7+/t12-,18+/m1/s1. The van der Waals surface area contributed by atoms with Crippen LogP contribution < -0.4 is 5.32 Å². The van der Waals surface area contributed by atoms with E-state index in [1.54, 1.807) is 43.3 Å². The fraction of sp³-hybridized carbons (Fsp3) is 0.158. The van der Waals surface area contributed by atoms with Gasteiger partial charge in [-0.05, 0) is 30.3 Å². The number of anilines is 1. The maximum absolute atomic E-state index is 12.3. The Hall–Kier alpha value is -2.80. The Labute approximate surface area is 159 Å². The number of rotatable bonds is 6. The molecule has 0 bridgehead atoms. The summed E-state index contributed by atoms with van der Waals surface area (Å²) in [6.07, 6.45) is 0.789. The number of carboxylic acid groups (broad SMARTS) is 1. The molecule has 7 heteroatoms. The van der Waals surface area contributed by atoms with Crippen molar-refractivity contribution in [3.63, 3.8) is 0 Å². The van der Waals surface area contributed by atoms with Crippen molar-refractivity contribution in [2.24, 2.45) is 5.92 Å². The van der Waals surface area contributed by atoms with Crippen molar-refractivity contribution in [3.8, 4) is 5.75 Å². The number of phenols is 1. The number of halogens is 1. The number of aliphatic carboxylic acids is 1. The van der Waals surface area contributed by atoms with Crippen LogP contribution >= 0.6 is 15.9 Å². The minimum absolute atomic E-state index is 0.0544. The third kappa shape index (κ3) is 5.63. The average molecular weight is 420 g/mol. The first-order valence-corrected chi connectivity index (χ1v) is 8.58. The van der Waals surface area contributed by atoms with E-state index >= 15 is 0 Å². The van der Waals surface area contributed by atoms with Gasteiger partial charge >= 0.3 is 12.1 Å². The molecular formula is C19H18BrNO5. The fourth-order valence-corrected chi connectivity index (χ4v) is 2.71. The van der Waals surface area contributed by atoms with Crippen LogP contribution in [0.3, 0.4) is 0 Å². The van der Waals surface area contributed by atoms with Gasteiger partial charge < -0.3 is 14.9 Å². The molecule has 0 aliphatic heterocycles. The third-order valence-corrected chi connectivity index (χ3v) is 4.06. The first-order valence-electron chi connectivity index (χ1n) is 7.79. The lowest BCUT2D eigenvalue weighted by Gasteiger charge is -2.23. The van der Waals surface area contributed by atoms with E-state index in [-0.39, 0.29) is 5.75 Å². The molecule has 26 heavy (non-hydrogen) atoms. The van der Waals surface area contributed by atoms with Gasteiger partial charge in [-0.2, -0.15) is 0 Å². The molecule has 2 rings (SSSR count). The summed E-state index contributed by atoms with van der Waals surface area (Å²) in [7, 11) is 0. The molecule has 3 N–H and O–H groups in total. The van der Waals surface area contributed by atoms with Gasteiger partial charge in [-0.3, -0.25) is 5.32 Å². The lowest BCUT2D eigenvalue weighted by molar-refractivity contribution is -0.131. The van der Waals surface area contributed by atoms with E-state index in [1.807, 2.05) is 6.07 Å². The normalized spacial score (nSPS) is 13.2. The van der Waals surface area contributed by atoms with Crippen molar-refractivity contribution in [3.05, 3.63) is 70.7 Å². The molecule has 2 aromatic rings. The molecule has 6 nitrogen and oxygen atoms in total. The monoisotopic (exact) mass is 419 g/mol. The molecule has 0 fully saturated rings. The maximum atomic E-state index is 12.3. The average Bonchev–Trinajstić information content (AvgIpc) is 2.60. The quantitative estimate of drug-likeness (QED) is 0.588. The number of carbonyl (C=O) groups excluding carboxylic acids is 1. The number of ether oxygens (including phenoxy) is 1. The molecule has 2 atom stereocenters. The van der Waals surface area contributed by atoms with Crippen LogP contribution in [0.25, 0.3) is 0 Å². The Kier molecular flexibility index (Phi) is 6.80. The Morgan fingerprint density at radius 1 is 1.19 bits per heavy atom. The van der Waals surface area contributed by atoms with Crippen LogP contribution in [0, 0.1) is 5.92 Å². The minimum atomic E-state index is -1.11. The summed E-state index contributed by atoms with van der Waals surface area (Å²) in [5, 5.41) is 21.6. The first kappa shape index (κ1) is 19.5. The van der Waals surface area contributed by atoms with Gasteiger partial charge in [0.25, 0.3) is 0 Å². The number of aromatic hydroxyl groups is 1. The van der Waals surface area contributed by atoms with Crippen LogP contribution in [0.2, 0.25) is 0 Å². The Balaban J connectivity index is 2.26. The lowest BCUT2D eigenvalue weighted by atomic mass is 9.96. The summed E-state index contributed by atoms with van der Waals surface area (Å²) in [6.45, 7) is 1.69. The van der Waals surface area contributed by atoms with Crippen LogP contribution in [-0.2, 0) is 9.53 Å². The van der Waals surface area contributed by atoms with Crippen LogP contribution in [-0.4, -0.2) is 22.3 Å². The van der Waals surface area contributed by atoms with Gasteiger partial charge in [0.1, 0.15) is 11.9 Å². The molecule has 0 aliphatic rings. The number of hydrogen-bond donors (Lipinski definition) is 3. The molecule has 0 radical (unpaired) electrons. The number of nitrogens with one attached hydrogen (secondary N) is 1. The second-order valence-electron chi connectivity index (χ2n) is 5.58. The molecule has 2 aromatic carbocycles. The highest BCUT2D eigenvalue weighted by Gasteiger charge is 2.25. The van der Waals surface area contributed by atoms with Crippen molar-refractivity contribution in [1.82, 2.24) is 0 Å². The fourth-order valence-electron chi connectivity index (χ4n) is 2.33. The molecule has 0 saturated carbocycles. The second-order valence-corrected chi connectivity index (χ2v) is 6.49. The Morgan fingerprint density at radius 3 is 2.54 bits per heavy atom. The predicted octanol–water partition coefficient (Wildman–Crippen LogP) is 4.72. The molecule has 0 saturated heterocycles. The topological polar surface area (TPSA) is 95.9 Å². The summed E-state index contributed by atoms with van der Waals surface area (Å²) >= 11 is 3.32. The lowest BCUT2D eigenvalue weighted by Crippen LogP contribution is -2.21. The van der Waals surface area contributed by atoms with E-state index in [4.69, 9.17) is 9.84 Å². The SMILES string of the molecule is C[C@H](/C=C/C(=O)O)[C@H](OC(=O)Nc1ccccc1)c1cc(Br)ccc1O. The zero-order valence-electron chi connectivity index (χ0n) is 13.9. The number of carboxylic acids is 1. The van der Waals surface area contributed by atoms with Gasteiger partial charge in [0.2, 0.25) is 0 Å². The Morgan fingerprint density at radius 2 is 1.88 bits per heavy atom. The van der Waals surface area contributed by atoms with E-state index < -0.39 is 24.1 Å². The van der Waals surface area contributed by atoms with E-state index in [9.17, 15) is 14.7 Å². The first-order chi connectivity index (χ1) is 12.4. The van der Waals surface area contributed by atoms with Gasteiger partial charge in [0.15, 0.2) is 0 Å². The van der Waals surface area contributed by atoms with Gasteiger partial charge in [0, 0.05) is 27.7 Å². The predicted molar refractivity (Wildman–Crippen MR) is 101 cm³/mol. The summed E-state index contributed by atoms with van der Waals surface area (Å²) in [6, 6.07) is 13.5. The van der Waals surface area contributed by atoms with Crippen LogP contribution in [0.4, 0.5) is 10.5 Å². The Bertz CT molecular complexity index is 807. The molecule has 0 aliphatic carbocycles. The third-order valence-electron chi connectivity index (χ3n) is 3.57. The van der Waals surface area contributed by atoms with Crippen LogP contribution in [0.15, 0.2) is 65.2 Å². The highest BCUT2D eigenvalue weighted by molar-refractivity contribution is 9.10. The van der Waals surface area contributed by atoms with Gasteiger partial charge in [-0.25, -0.2) is 9.59 Å². The molecule has 0 heterocycles. The van der Waals surface area contributed by atoms with E-state index in [2.05, 4.69) is 21.2 Å². The summed E-state index contributed by atoms with van der Waals surface area (Å²) in [5.74, 6) is -1.66. The minimum Gasteiger partial charge on any atom is -0.508 e. The number of para-hydroxylation sites is 1. The highest BCUT2D eigenvalue weighted by atomic mass is 79.9. The summed E-state index contributed by atoms with van der Waals surface area (Å²) in [4.78, 5) is 23.1. The van der Waals surface area contributed by atoms with Crippen molar-refractivity contribution < 1.29 is 24.5 Å². The summed E-state index contributed by atoms with van der Waals surface area (Å²) in [5.41, 5.74) is 0.925. The number of carbonyl (C=O) groups is 2. The summed E-state index contributed by atoms with van der Waals surface area (Å²) < 4.78 is 6.19. The number of benzene rings is 2. The molecule has 1 amide bonds. The molecular weight excluding hydrogens is 402 g/mol.